The number of hydrogen-bond acceptors (Lipinski definition) is 6. The van der Waals surface area contributed by atoms with Gasteiger partial charge in [0.15, 0.2) is 0 Å². The van der Waals surface area contributed by atoms with Gasteiger partial charge in [-0.15, -0.1) is 0 Å². The van der Waals surface area contributed by atoms with Crippen LogP contribution in [0.1, 0.15) is 46.6 Å². The van der Waals surface area contributed by atoms with Gasteiger partial charge < -0.3 is 20.5 Å². The topological polar surface area (TPSA) is 120 Å². The van der Waals surface area contributed by atoms with Gasteiger partial charge in [0.05, 0.1) is 13.2 Å². The number of benzene rings is 1. The van der Waals surface area contributed by atoms with E-state index in [4.69, 9.17) is 15.2 Å². The summed E-state index contributed by atoms with van der Waals surface area (Å²) < 4.78 is 10.2. The van der Waals surface area contributed by atoms with Crippen molar-refractivity contribution in [2.75, 3.05) is 7.11 Å². The first-order valence-electron chi connectivity index (χ1n) is 10.1. The molecule has 168 valence electrons. The van der Waals surface area contributed by atoms with Crippen molar-refractivity contribution >= 4 is 18.0 Å². The third kappa shape index (κ3) is 9.26. The molecule has 0 aliphatic heterocycles. The number of methoxy groups -OCH3 is 1. The first kappa shape index (κ1) is 25.4. The molecule has 0 fully saturated rings. The summed E-state index contributed by atoms with van der Waals surface area (Å²) in [5.41, 5.74) is 5.86. The number of hydrogen-bond donors (Lipinski definition) is 3. The molecular formula is C22H35N3O5. The molecule has 0 saturated heterocycles. The van der Waals surface area contributed by atoms with Gasteiger partial charge in [0.1, 0.15) is 17.7 Å². The Hall–Kier alpha value is -2.61. The maximum absolute atomic E-state index is 12.4. The van der Waals surface area contributed by atoms with E-state index >= 15 is 0 Å². The van der Waals surface area contributed by atoms with Gasteiger partial charge in [0, 0.05) is 0 Å². The molecule has 4 N–H and O–H groups in total. The molecule has 2 amide bonds. The van der Waals surface area contributed by atoms with Gasteiger partial charge in [-0.3, -0.25) is 14.9 Å². The SMILES string of the molecule is COC(=O)[C@H](CC(C)C)N[C@H](C(N)=O)[C@H](Cc1ccccc1)NC(=O)OC(C)(C)C. The molecule has 1 rings (SSSR count). The molecular weight excluding hydrogens is 386 g/mol. The predicted molar refractivity (Wildman–Crippen MR) is 115 cm³/mol. The average molecular weight is 422 g/mol. The van der Waals surface area contributed by atoms with E-state index in [0.717, 1.165) is 5.56 Å². The van der Waals surface area contributed by atoms with Crippen LogP contribution in [-0.4, -0.2) is 48.8 Å². The van der Waals surface area contributed by atoms with Gasteiger partial charge in [-0.2, -0.15) is 0 Å². The Bertz CT molecular complexity index is 700. The number of carbonyl (C=O) groups excluding carboxylic acids is 3. The van der Waals surface area contributed by atoms with Crippen molar-refractivity contribution in [1.29, 1.82) is 0 Å². The van der Waals surface area contributed by atoms with Crippen LogP contribution in [0.15, 0.2) is 30.3 Å². The number of nitrogens with two attached hydrogens (primary N) is 1. The third-order valence-corrected chi connectivity index (χ3v) is 4.28. The maximum atomic E-state index is 12.4. The molecule has 8 heteroatoms. The minimum absolute atomic E-state index is 0.168. The van der Waals surface area contributed by atoms with Crippen molar-refractivity contribution < 1.29 is 23.9 Å². The molecule has 1 aromatic rings. The van der Waals surface area contributed by atoms with Gasteiger partial charge in [-0.25, -0.2) is 4.79 Å². The van der Waals surface area contributed by atoms with Crippen molar-refractivity contribution in [1.82, 2.24) is 10.6 Å². The van der Waals surface area contributed by atoms with E-state index in [1.54, 1.807) is 20.8 Å². The van der Waals surface area contributed by atoms with Crippen LogP contribution in [0.2, 0.25) is 0 Å². The fourth-order valence-corrected chi connectivity index (χ4v) is 3.04. The number of rotatable bonds is 10. The van der Waals surface area contributed by atoms with E-state index in [2.05, 4.69) is 10.6 Å². The molecule has 0 unspecified atom stereocenters. The zero-order valence-electron chi connectivity index (χ0n) is 18.7. The average Bonchev–Trinajstić information content (AvgIpc) is 2.62. The Kier molecular flexibility index (Phi) is 9.78. The molecule has 0 saturated carbocycles. The molecule has 30 heavy (non-hydrogen) atoms. The largest absolute Gasteiger partial charge is 0.468 e. The molecule has 0 aromatic heterocycles. The number of amides is 2. The Labute approximate surface area is 178 Å². The summed E-state index contributed by atoms with van der Waals surface area (Å²) in [5.74, 6) is -1.02. The summed E-state index contributed by atoms with van der Waals surface area (Å²) in [6.45, 7) is 9.16. The van der Waals surface area contributed by atoms with Gasteiger partial charge in [-0.05, 0) is 45.1 Å². The Morgan fingerprint density at radius 2 is 1.70 bits per heavy atom. The molecule has 0 spiro atoms. The van der Waals surface area contributed by atoms with Crippen molar-refractivity contribution in [2.45, 2.75) is 71.2 Å². The molecule has 1 aromatic carbocycles. The molecule has 0 bridgehead atoms. The standard InChI is InChI=1S/C22H35N3O5/c1-14(2)12-17(20(27)29-6)24-18(19(23)26)16(13-15-10-8-7-9-11-15)25-21(28)30-22(3,4)5/h7-11,14,16-18,24H,12-13H2,1-6H3,(H2,23,26)(H,25,28)/t16-,17-,18-/m0/s1. The van der Waals surface area contributed by atoms with E-state index < -0.39 is 41.7 Å². The fraction of sp³-hybridized carbons (Fsp3) is 0.591. The van der Waals surface area contributed by atoms with Crippen LogP contribution in [0, 0.1) is 5.92 Å². The second-order valence-corrected chi connectivity index (χ2v) is 8.69. The number of alkyl carbamates (subject to hydrolysis) is 1. The zero-order chi connectivity index (χ0) is 22.9. The van der Waals surface area contributed by atoms with Gasteiger partial charge >= 0.3 is 12.1 Å². The summed E-state index contributed by atoms with van der Waals surface area (Å²) in [5, 5.41) is 5.75. The number of carbonyl (C=O) groups is 3. The van der Waals surface area contributed by atoms with Crippen molar-refractivity contribution in [2.24, 2.45) is 11.7 Å². The highest BCUT2D eigenvalue weighted by molar-refractivity contribution is 5.83. The minimum atomic E-state index is -1.01. The zero-order valence-corrected chi connectivity index (χ0v) is 18.7. The van der Waals surface area contributed by atoms with E-state index in [1.807, 2.05) is 44.2 Å². The lowest BCUT2D eigenvalue weighted by molar-refractivity contribution is -0.144. The van der Waals surface area contributed by atoms with Gasteiger partial charge in [-0.1, -0.05) is 44.2 Å². The van der Waals surface area contributed by atoms with E-state index in [9.17, 15) is 14.4 Å². The number of nitrogens with one attached hydrogen (secondary N) is 2. The van der Waals surface area contributed by atoms with Crippen LogP contribution < -0.4 is 16.4 Å². The van der Waals surface area contributed by atoms with Crippen LogP contribution in [0.4, 0.5) is 4.79 Å². The summed E-state index contributed by atoms with van der Waals surface area (Å²) in [6, 6.07) is 6.87. The molecule has 3 atom stereocenters. The molecule has 0 aliphatic carbocycles. The van der Waals surface area contributed by atoms with Crippen molar-refractivity contribution in [3.63, 3.8) is 0 Å². The lowest BCUT2D eigenvalue weighted by atomic mass is 9.96. The second kappa shape index (κ2) is 11.5. The molecule has 0 aliphatic rings. The lowest BCUT2D eigenvalue weighted by Gasteiger charge is -2.31. The van der Waals surface area contributed by atoms with E-state index in [0.29, 0.717) is 12.8 Å². The minimum Gasteiger partial charge on any atom is -0.468 e. The van der Waals surface area contributed by atoms with Crippen LogP contribution in [0.5, 0.6) is 0 Å². The van der Waals surface area contributed by atoms with Crippen LogP contribution in [-0.2, 0) is 25.5 Å². The molecule has 0 heterocycles. The second-order valence-electron chi connectivity index (χ2n) is 8.69. The quantitative estimate of drug-likeness (QED) is 0.498. The summed E-state index contributed by atoms with van der Waals surface area (Å²) >= 11 is 0. The summed E-state index contributed by atoms with van der Waals surface area (Å²) in [7, 11) is 1.29. The number of esters is 1. The molecule has 8 nitrogen and oxygen atoms in total. The fourth-order valence-electron chi connectivity index (χ4n) is 3.04. The highest BCUT2D eigenvalue weighted by Crippen LogP contribution is 2.13. The third-order valence-electron chi connectivity index (χ3n) is 4.28. The number of primary amides is 1. The Morgan fingerprint density at radius 3 is 2.17 bits per heavy atom. The number of ether oxygens (including phenoxy) is 2. The first-order chi connectivity index (χ1) is 13.9. The van der Waals surface area contributed by atoms with E-state index in [-0.39, 0.29) is 5.92 Å². The van der Waals surface area contributed by atoms with Crippen molar-refractivity contribution in [3.8, 4) is 0 Å². The van der Waals surface area contributed by atoms with Crippen LogP contribution >= 0.6 is 0 Å². The van der Waals surface area contributed by atoms with Crippen LogP contribution in [0.25, 0.3) is 0 Å². The van der Waals surface area contributed by atoms with Crippen molar-refractivity contribution in [3.05, 3.63) is 35.9 Å². The normalized spacial score (nSPS) is 14.5. The highest BCUT2D eigenvalue weighted by Gasteiger charge is 2.34. The summed E-state index contributed by atoms with van der Waals surface area (Å²) in [6.07, 6.45) is 0.0898. The highest BCUT2D eigenvalue weighted by atomic mass is 16.6. The Morgan fingerprint density at radius 1 is 1.10 bits per heavy atom. The van der Waals surface area contributed by atoms with Gasteiger partial charge in [0.25, 0.3) is 0 Å². The molecule has 0 radical (unpaired) electrons. The first-order valence-corrected chi connectivity index (χ1v) is 10.1. The summed E-state index contributed by atoms with van der Waals surface area (Å²) in [4.78, 5) is 37.0. The Balaban J connectivity index is 3.16. The van der Waals surface area contributed by atoms with E-state index in [1.165, 1.54) is 7.11 Å². The predicted octanol–water partition coefficient (Wildman–Crippen LogP) is 2.15. The smallest absolute Gasteiger partial charge is 0.407 e. The van der Waals surface area contributed by atoms with Crippen LogP contribution in [0.3, 0.4) is 0 Å². The van der Waals surface area contributed by atoms with Gasteiger partial charge in [0.2, 0.25) is 5.91 Å². The lowest BCUT2D eigenvalue weighted by Crippen LogP contribution is -2.61. The monoisotopic (exact) mass is 421 g/mol. The maximum Gasteiger partial charge on any atom is 0.407 e.